The first kappa shape index (κ1) is 29.2. The van der Waals surface area contributed by atoms with E-state index in [9.17, 15) is 23.7 Å². The number of ether oxygens (including phenoxy) is 2. The molecule has 196 valence electrons. The van der Waals surface area contributed by atoms with E-state index in [1.165, 1.54) is 13.1 Å². The number of unbranched alkanes of at least 4 members (excludes halogenated alkanes) is 3. The van der Waals surface area contributed by atoms with Crippen LogP contribution in [0.3, 0.4) is 0 Å². The minimum atomic E-state index is -3.46. The van der Waals surface area contributed by atoms with E-state index in [1.54, 1.807) is 30.3 Å². The van der Waals surface area contributed by atoms with E-state index in [4.69, 9.17) is 9.47 Å². The van der Waals surface area contributed by atoms with E-state index in [1.807, 2.05) is 6.07 Å². The Morgan fingerprint density at radius 1 is 0.971 bits per heavy atom. The lowest BCUT2D eigenvalue weighted by Crippen LogP contribution is -2.22. The highest BCUT2D eigenvalue weighted by Crippen LogP contribution is 2.22. The molecule has 2 aromatic rings. The lowest BCUT2D eigenvalue weighted by atomic mass is 10.1. The number of sulfonamides is 1. The molecule has 0 amide bonds. The zero-order valence-corrected chi connectivity index (χ0v) is 21.1. The molecule has 5 N–H and O–H groups in total. The molecule has 0 saturated carbocycles. The molecule has 9 nitrogen and oxygen atoms in total. The van der Waals surface area contributed by atoms with Crippen molar-refractivity contribution in [2.45, 2.75) is 49.9 Å². The Labute approximate surface area is 208 Å². The van der Waals surface area contributed by atoms with Crippen molar-refractivity contribution in [1.82, 2.24) is 10.0 Å². The van der Waals surface area contributed by atoms with E-state index in [2.05, 4.69) is 10.0 Å². The van der Waals surface area contributed by atoms with Crippen molar-refractivity contribution in [2.75, 3.05) is 40.0 Å². The molecule has 0 aliphatic rings. The van der Waals surface area contributed by atoms with Crippen molar-refractivity contribution < 1.29 is 33.2 Å². The number of hydrogen-bond donors (Lipinski definition) is 5. The fourth-order valence-corrected chi connectivity index (χ4v) is 4.23. The number of phenols is 1. The maximum atomic E-state index is 11.8. The Bertz CT molecular complexity index is 986. The van der Waals surface area contributed by atoms with Gasteiger partial charge in [0.1, 0.15) is 5.75 Å². The molecule has 35 heavy (non-hydrogen) atoms. The van der Waals surface area contributed by atoms with Gasteiger partial charge in [-0.05, 0) is 61.8 Å². The van der Waals surface area contributed by atoms with Gasteiger partial charge in [-0.3, -0.25) is 0 Å². The molecule has 2 aromatic carbocycles. The minimum Gasteiger partial charge on any atom is -0.508 e. The fourth-order valence-electron chi connectivity index (χ4n) is 3.43. The molecule has 0 aromatic heterocycles. The summed E-state index contributed by atoms with van der Waals surface area (Å²) in [6.45, 7) is 2.87. The second-order valence-electron chi connectivity index (χ2n) is 8.20. The van der Waals surface area contributed by atoms with Crippen LogP contribution in [0.25, 0.3) is 0 Å². The summed E-state index contributed by atoms with van der Waals surface area (Å²) >= 11 is 0. The molecule has 0 spiro atoms. The quantitative estimate of drug-likeness (QED) is 0.193. The Hall–Kier alpha value is -2.05. The average Bonchev–Trinajstić information content (AvgIpc) is 2.87. The smallest absolute Gasteiger partial charge is 0.240 e. The number of rotatable bonds is 18. The standard InChI is InChI=1S/C25H38N2O7S/c1-26-35(31,32)23-8-6-7-20(15-23)19-34-14-13-33-12-5-3-2-4-11-27-17-25(30)21-9-10-24(29)22(16-21)18-28/h6-10,15-16,25-30H,2-5,11-14,17-19H2,1H3/t25-/m1/s1. The van der Waals surface area contributed by atoms with Gasteiger partial charge in [-0.15, -0.1) is 0 Å². The average molecular weight is 511 g/mol. The first-order valence-electron chi connectivity index (χ1n) is 11.9. The Morgan fingerprint density at radius 2 is 1.74 bits per heavy atom. The van der Waals surface area contributed by atoms with Crippen LogP contribution >= 0.6 is 0 Å². The van der Waals surface area contributed by atoms with Gasteiger partial charge in [0.15, 0.2) is 0 Å². The topological polar surface area (TPSA) is 137 Å². The van der Waals surface area contributed by atoms with Gasteiger partial charge in [-0.2, -0.15) is 0 Å². The number of nitrogens with one attached hydrogen (secondary N) is 2. The largest absolute Gasteiger partial charge is 0.508 e. The molecule has 0 aliphatic carbocycles. The van der Waals surface area contributed by atoms with Crippen LogP contribution in [-0.4, -0.2) is 63.7 Å². The predicted octanol–water partition coefficient (Wildman–Crippen LogP) is 2.21. The van der Waals surface area contributed by atoms with Gasteiger partial charge in [0.2, 0.25) is 10.0 Å². The second-order valence-corrected chi connectivity index (χ2v) is 10.1. The molecule has 0 aliphatic heterocycles. The Balaban J connectivity index is 1.44. The lowest BCUT2D eigenvalue weighted by Gasteiger charge is -2.14. The van der Waals surface area contributed by atoms with Crippen LogP contribution in [0.4, 0.5) is 0 Å². The molecular formula is C25H38N2O7S. The summed E-state index contributed by atoms with van der Waals surface area (Å²) in [5.41, 5.74) is 1.86. The van der Waals surface area contributed by atoms with Crippen molar-refractivity contribution in [2.24, 2.45) is 0 Å². The van der Waals surface area contributed by atoms with Gasteiger partial charge < -0.3 is 30.1 Å². The first-order chi connectivity index (χ1) is 16.9. The van der Waals surface area contributed by atoms with Crippen LogP contribution in [0.15, 0.2) is 47.4 Å². The second kappa shape index (κ2) is 15.8. The van der Waals surface area contributed by atoms with Gasteiger partial charge in [-0.25, -0.2) is 13.1 Å². The van der Waals surface area contributed by atoms with Crippen LogP contribution in [0, 0.1) is 0 Å². The Morgan fingerprint density at radius 3 is 2.51 bits per heavy atom. The molecule has 1 atom stereocenters. The van der Waals surface area contributed by atoms with E-state index >= 15 is 0 Å². The van der Waals surface area contributed by atoms with Crippen molar-refractivity contribution in [3.05, 3.63) is 59.2 Å². The van der Waals surface area contributed by atoms with E-state index in [0.29, 0.717) is 44.1 Å². The number of benzene rings is 2. The van der Waals surface area contributed by atoms with Crippen molar-refractivity contribution in [1.29, 1.82) is 0 Å². The normalized spacial score (nSPS) is 12.7. The van der Waals surface area contributed by atoms with Crippen LogP contribution in [-0.2, 0) is 32.7 Å². The third-order valence-corrected chi connectivity index (χ3v) is 6.92. The fraction of sp³-hybridized carbons (Fsp3) is 0.520. The molecule has 2 rings (SSSR count). The van der Waals surface area contributed by atoms with Gasteiger partial charge in [0.05, 0.1) is 37.4 Å². The lowest BCUT2D eigenvalue weighted by molar-refractivity contribution is 0.0392. The summed E-state index contributed by atoms with van der Waals surface area (Å²) in [6, 6.07) is 11.4. The highest BCUT2D eigenvalue weighted by molar-refractivity contribution is 7.89. The third-order valence-electron chi connectivity index (χ3n) is 5.51. The molecule has 0 saturated heterocycles. The van der Waals surface area contributed by atoms with Crippen LogP contribution < -0.4 is 10.0 Å². The highest BCUT2D eigenvalue weighted by atomic mass is 32.2. The Kier molecular flexibility index (Phi) is 13.2. The summed E-state index contributed by atoms with van der Waals surface area (Å²) < 4.78 is 37.1. The summed E-state index contributed by atoms with van der Waals surface area (Å²) in [7, 11) is -2.07. The number of aliphatic hydroxyl groups is 2. The van der Waals surface area contributed by atoms with Crippen LogP contribution in [0.2, 0.25) is 0 Å². The van der Waals surface area contributed by atoms with Gasteiger partial charge >= 0.3 is 0 Å². The van der Waals surface area contributed by atoms with Gasteiger partial charge in [-0.1, -0.05) is 31.0 Å². The molecule has 10 heteroatoms. The van der Waals surface area contributed by atoms with Gasteiger partial charge in [0.25, 0.3) is 0 Å². The van der Waals surface area contributed by atoms with E-state index in [0.717, 1.165) is 37.8 Å². The van der Waals surface area contributed by atoms with Crippen molar-refractivity contribution in [3.63, 3.8) is 0 Å². The third kappa shape index (κ3) is 10.6. The number of aromatic hydroxyl groups is 1. The molecule has 0 radical (unpaired) electrons. The number of hydrogen-bond acceptors (Lipinski definition) is 8. The summed E-state index contributed by atoms with van der Waals surface area (Å²) in [4.78, 5) is 0.220. The van der Waals surface area contributed by atoms with Crippen LogP contribution in [0.5, 0.6) is 5.75 Å². The molecule has 0 fully saturated rings. The maximum absolute atomic E-state index is 11.8. The SMILES string of the molecule is CNS(=O)(=O)c1cccc(COCCOCCCCCCNC[C@@H](O)c2ccc(O)c(CO)c2)c1. The van der Waals surface area contributed by atoms with Crippen molar-refractivity contribution in [3.8, 4) is 5.75 Å². The summed E-state index contributed by atoms with van der Waals surface area (Å²) in [6.07, 6.45) is 3.37. The maximum Gasteiger partial charge on any atom is 0.240 e. The number of aliphatic hydroxyl groups excluding tert-OH is 2. The monoisotopic (exact) mass is 510 g/mol. The summed E-state index contributed by atoms with van der Waals surface area (Å²) in [5, 5.41) is 32.3. The molecular weight excluding hydrogens is 472 g/mol. The van der Waals surface area contributed by atoms with Gasteiger partial charge in [0, 0.05) is 18.7 Å². The van der Waals surface area contributed by atoms with Crippen LogP contribution in [0.1, 0.15) is 48.5 Å². The molecule has 0 bridgehead atoms. The predicted molar refractivity (Wildman–Crippen MR) is 133 cm³/mol. The van der Waals surface area contributed by atoms with Crippen molar-refractivity contribution >= 4 is 10.0 Å². The molecule has 0 heterocycles. The highest BCUT2D eigenvalue weighted by Gasteiger charge is 2.11. The first-order valence-corrected chi connectivity index (χ1v) is 13.3. The zero-order chi connectivity index (χ0) is 25.5. The summed E-state index contributed by atoms with van der Waals surface area (Å²) in [5.74, 6) is 0.0264. The minimum absolute atomic E-state index is 0.0264. The zero-order valence-electron chi connectivity index (χ0n) is 20.3. The van der Waals surface area contributed by atoms with E-state index < -0.39 is 16.1 Å². The van der Waals surface area contributed by atoms with E-state index in [-0.39, 0.29) is 17.3 Å². The molecule has 0 unspecified atom stereocenters.